The highest BCUT2D eigenvalue weighted by Crippen LogP contribution is 2.47. The molecule has 9 aliphatic rings. The molecular formula is C33H58N8O9S3. The first kappa shape index (κ1) is 38.0. The van der Waals surface area contributed by atoms with E-state index in [1.807, 2.05) is 0 Å². The van der Waals surface area contributed by atoms with E-state index in [1.165, 1.54) is 0 Å². The van der Waals surface area contributed by atoms with Crippen molar-refractivity contribution < 1.29 is 38.9 Å². The zero-order valence-electron chi connectivity index (χ0n) is 30.0. The summed E-state index contributed by atoms with van der Waals surface area (Å²) in [6.45, 7) is 2.31. The Bertz CT molecular complexity index is 1710. The van der Waals surface area contributed by atoms with E-state index < -0.39 is 46.1 Å². The third-order valence-electron chi connectivity index (χ3n) is 15.5. The minimum atomic E-state index is -4.26. The fourth-order valence-corrected chi connectivity index (χ4v) is 15.6. The minimum absolute atomic E-state index is 0.0120. The van der Waals surface area contributed by atoms with Gasteiger partial charge in [-0.3, -0.25) is 56.2 Å². The molecule has 5 heterocycles. The second-order valence-electron chi connectivity index (χ2n) is 18.2. The molecule has 9 fully saturated rings. The van der Waals surface area contributed by atoms with Gasteiger partial charge >= 0.3 is 0 Å². The van der Waals surface area contributed by atoms with Crippen LogP contribution in [0.5, 0.6) is 0 Å². The van der Waals surface area contributed by atoms with Crippen molar-refractivity contribution in [1.29, 1.82) is 0 Å². The molecule has 302 valence electrons. The molecular weight excluding hydrogens is 749 g/mol. The Kier molecular flexibility index (Phi) is 9.86. The highest BCUT2D eigenvalue weighted by atomic mass is 32.2. The number of hydrogen-bond donors (Lipinski definition) is 11. The lowest BCUT2D eigenvalue weighted by atomic mass is 9.74. The lowest BCUT2D eigenvalue weighted by Crippen LogP contribution is -2.61. The summed E-state index contributed by atoms with van der Waals surface area (Å²) in [7, 11) is -12.7. The molecule has 11 N–H and O–H groups in total. The lowest BCUT2D eigenvalue weighted by Gasteiger charge is -2.38. The molecule has 53 heavy (non-hydrogen) atoms. The SMILES string of the molecule is CC1CCC2C3NC(NC4NC(NC5NC(NC6NC(N3)C3CC(S(=O)(=O)O)CCC63)C3CC(S(=O)(=O)O)CCC53)C3CC(S(=O)(=O)O)CCC43)C2C1. The lowest BCUT2D eigenvalue weighted by molar-refractivity contribution is 0.150. The first-order valence-corrected chi connectivity index (χ1v) is 24.5. The van der Waals surface area contributed by atoms with Crippen LogP contribution in [0.25, 0.3) is 0 Å². The van der Waals surface area contributed by atoms with Crippen LogP contribution in [0.15, 0.2) is 0 Å². The van der Waals surface area contributed by atoms with Gasteiger partial charge in [-0.1, -0.05) is 13.3 Å². The number of rotatable bonds is 3. The van der Waals surface area contributed by atoms with Crippen molar-refractivity contribution in [2.24, 2.45) is 53.3 Å². The molecule has 0 radical (unpaired) electrons. The quantitative estimate of drug-likeness (QED) is 0.160. The predicted octanol–water partition coefficient (Wildman–Crippen LogP) is -0.549. The van der Waals surface area contributed by atoms with Gasteiger partial charge < -0.3 is 0 Å². The summed E-state index contributed by atoms with van der Waals surface area (Å²) in [5, 5.41) is 28.3. The van der Waals surface area contributed by atoms with Crippen LogP contribution in [0, 0.1) is 53.3 Å². The number of nitrogens with one attached hydrogen (secondary N) is 8. The zero-order chi connectivity index (χ0) is 37.2. The second-order valence-corrected chi connectivity index (χ2v) is 23.3. The maximum absolute atomic E-state index is 12.4. The molecule has 0 amide bonds. The highest BCUT2D eigenvalue weighted by Gasteiger charge is 2.57. The molecule has 17 nitrogen and oxygen atoms in total. The van der Waals surface area contributed by atoms with E-state index in [1.54, 1.807) is 0 Å². The Morgan fingerprint density at radius 1 is 0.340 bits per heavy atom. The predicted molar refractivity (Wildman–Crippen MR) is 194 cm³/mol. The Balaban J connectivity index is 1.07. The molecule has 4 aliphatic carbocycles. The summed E-state index contributed by atoms with van der Waals surface area (Å²) in [6.07, 6.45) is 5.41. The topological polar surface area (TPSA) is 259 Å². The summed E-state index contributed by atoms with van der Waals surface area (Å²) in [5.41, 5.74) is 0. The molecule has 8 bridgehead atoms. The van der Waals surface area contributed by atoms with Gasteiger partial charge in [-0.05, 0) is 124 Å². The van der Waals surface area contributed by atoms with Crippen LogP contribution in [0.2, 0.25) is 0 Å². The van der Waals surface area contributed by atoms with Crippen LogP contribution in [-0.4, -0.2) is 104 Å². The van der Waals surface area contributed by atoms with Gasteiger partial charge in [0, 0.05) is 0 Å². The first-order valence-electron chi connectivity index (χ1n) is 20.0. The summed E-state index contributed by atoms with van der Waals surface area (Å²) in [4.78, 5) is 0. The Morgan fingerprint density at radius 2 is 0.566 bits per heavy atom. The van der Waals surface area contributed by atoms with E-state index in [0.717, 1.165) is 19.3 Å². The van der Waals surface area contributed by atoms with Crippen molar-refractivity contribution in [2.75, 3.05) is 0 Å². The van der Waals surface area contributed by atoms with Crippen LogP contribution in [0.4, 0.5) is 0 Å². The summed E-state index contributed by atoms with van der Waals surface area (Å²) >= 11 is 0. The first-order chi connectivity index (χ1) is 25.0. The number of hydrogen-bond acceptors (Lipinski definition) is 14. The van der Waals surface area contributed by atoms with E-state index >= 15 is 0 Å². The van der Waals surface area contributed by atoms with Gasteiger partial charge in [-0.25, -0.2) is 0 Å². The molecule has 20 unspecified atom stereocenters. The van der Waals surface area contributed by atoms with E-state index in [-0.39, 0.29) is 91.3 Å². The second kappa shape index (κ2) is 13.8. The van der Waals surface area contributed by atoms with Crippen molar-refractivity contribution in [1.82, 2.24) is 42.5 Å². The Labute approximate surface area is 313 Å². The standard InChI is InChI=1S/C33H58N8O9S3/c1-14-2-6-18-22(10-14)30-34-26(18)36-31-24-12-16(52(45,46)47)4-8-20(24)28(38-31)40-33-25-13-17(53(48,49)50)5-9-21(25)29(41-33)39-32-23-11-15(51(42,43)44)3-7-19(23)27(35-30)37-32/h14-41H,2-13H2,1H3,(H,42,43,44)(H,45,46,47)(H,48,49,50). The molecule has 0 spiro atoms. The molecule has 20 heteroatoms. The molecule has 0 aromatic rings. The molecule has 4 saturated carbocycles. The highest BCUT2D eigenvalue weighted by molar-refractivity contribution is 7.86. The minimum Gasteiger partial charge on any atom is -0.286 e. The maximum Gasteiger partial charge on any atom is 0.267 e. The van der Waals surface area contributed by atoms with Gasteiger partial charge in [-0.2, -0.15) is 25.3 Å². The van der Waals surface area contributed by atoms with Crippen LogP contribution in [0.1, 0.15) is 84.0 Å². The normalized spacial score (nSPS) is 53.0. The van der Waals surface area contributed by atoms with Gasteiger partial charge in [0.1, 0.15) is 0 Å². The third-order valence-corrected chi connectivity index (χ3v) is 19.3. The van der Waals surface area contributed by atoms with E-state index in [0.29, 0.717) is 69.1 Å². The summed E-state index contributed by atoms with van der Waals surface area (Å²) < 4.78 is 105. The van der Waals surface area contributed by atoms with Gasteiger partial charge in [0.2, 0.25) is 0 Å². The Hall–Kier alpha value is -0.590. The zero-order valence-corrected chi connectivity index (χ0v) is 32.5. The Morgan fingerprint density at radius 3 is 0.830 bits per heavy atom. The number of fused-ring (bicyclic) bond motifs is 20. The van der Waals surface area contributed by atoms with Gasteiger partial charge in [0.15, 0.2) is 0 Å². The van der Waals surface area contributed by atoms with Crippen LogP contribution in [-0.2, 0) is 30.4 Å². The van der Waals surface area contributed by atoms with Gasteiger partial charge in [-0.15, -0.1) is 0 Å². The van der Waals surface area contributed by atoms with Crippen LogP contribution in [0.3, 0.4) is 0 Å². The molecule has 9 rings (SSSR count). The van der Waals surface area contributed by atoms with Crippen LogP contribution < -0.4 is 42.5 Å². The van der Waals surface area contributed by atoms with Crippen molar-refractivity contribution >= 4 is 30.4 Å². The van der Waals surface area contributed by atoms with E-state index in [9.17, 15) is 38.9 Å². The summed E-state index contributed by atoms with van der Waals surface area (Å²) in [5.74, 6) is 1.07. The van der Waals surface area contributed by atoms with Gasteiger partial charge in [0.25, 0.3) is 30.4 Å². The average Bonchev–Trinajstić information content (AvgIpc) is 3.81. The van der Waals surface area contributed by atoms with Crippen LogP contribution >= 0.6 is 0 Å². The monoisotopic (exact) mass is 806 g/mol. The fraction of sp³-hybridized carbons (Fsp3) is 1.00. The van der Waals surface area contributed by atoms with Crippen molar-refractivity contribution in [3.05, 3.63) is 0 Å². The van der Waals surface area contributed by atoms with Crippen molar-refractivity contribution in [3.8, 4) is 0 Å². The van der Waals surface area contributed by atoms with Crippen molar-refractivity contribution in [3.63, 3.8) is 0 Å². The average molecular weight is 807 g/mol. The summed E-state index contributed by atoms with van der Waals surface area (Å²) in [6, 6.07) is 0. The molecule has 5 saturated heterocycles. The fourth-order valence-electron chi connectivity index (χ4n) is 12.9. The van der Waals surface area contributed by atoms with Gasteiger partial charge in [0.05, 0.1) is 65.1 Å². The molecule has 20 atom stereocenters. The van der Waals surface area contributed by atoms with E-state index in [4.69, 9.17) is 0 Å². The smallest absolute Gasteiger partial charge is 0.267 e. The molecule has 5 aliphatic heterocycles. The third kappa shape index (κ3) is 7.05. The van der Waals surface area contributed by atoms with Crippen molar-refractivity contribution in [2.45, 2.75) is 149 Å². The largest absolute Gasteiger partial charge is 0.286 e. The molecule has 0 aromatic heterocycles. The van der Waals surface area contributed by atoms with E-state index in [2.05, 4.69) is 49.5 Å². The maximum atomic E-state index is 12.4. The molecule has 0 aromatic carbocycles.